The summed E-state index contributed by atoms with van der Waals surface area (Å²) in [5, 5.41) is 2.87. The standard InChI is InChI=1S/C17H18N6O/c18-9-11-2-1-3-13(8-11)21-17(24)16-22-15(12-4-5-12)14-10-20-6-7-23(14,16)19/h1-3,6-8,10,12H,4-5,9,18-19H2/p+1. The summed E-state index contributed by atoms with van der Waals surface area (Å²) >= 11 is 0. The topological polar surface area (TPSA) is 106 Å². The van der Waals surface area contributed by atoms with E-state index in [1.54, 1.807) is 18.6 Å². The van der Waals surface area contributed by atoms with E-state index in [1.165, 1.54) is 0 Å². The molecule has 2 aliphatic heterocycles. The lowest BCUT2D eigenvalue weighted by Crippen LogP contribution is -2.56. The maximum Gasteiger partial charge on any atom is 0.333 e. The highest BCUT2D eigenvalue weighted by Gasteiger charge is 2.50. The summed E-state index contributed by atoms with van der Waals surface area (Å²) in [6.07, 6.45) is 7.13. The third-order valence-electron chi connectivity index (χ3n) is 4.41. The second-order valence-electron chi connectivity index (χ2n) is 6.19. The van der Waals surface area contributed by atoms with Crippen molar-refractivity contribution in [3.8, 4) is 0 Å². The first-order valence-corrected chi connectivity index (χ1v) is 7.94. The zero-order valence-corrected chi connectivity index (χ0v) is 13.1. The van der Waals surface area contributed by atoms with Crippen LogP contribution in [0.4, 0.5) is 5.69 Å². The van der Waals surface area contributed by atoms with Gasteiger partial charge in [-0.1, -0.05) is 12.1 Å². The van der Waals surface area contributed by atoms with Crippen molar-refractivity contribution in [3.05, 3.63) is 53.6 Å². The summed E-state index contributed by atoms with van der Waals surface area (Å²) in [6, 6.07) is 7.43. The fraction of sp³-hybridized carbons (Fsp3) is 0.235. The fourth-order valence-corrected chi connectivity index (χ4v) is 2.97. The summed E-state index contributed by atoms with van der Waals surface area (Å²) in [6.45, 7) is 0.415. The normalized spacial score (nSPS) is 24.8. The van der Waals surface area contributed by atoms with Crippen LogP contribution in [0.25, 0.3) is 0 Å². The lowest BCUT2D eigenvalue weighted by molar-refractivity contribution is -0.749. The highest BCUT2D eigenvalue weighted by molar-refractivity contribution is 6.40. The molecule has 5 N–H and O–H groups in total. The molecule has 1 fully saturated rings. The summed E-state index contributed by atoms with van der Waals surface area (Å²) in [4.78, 5) is 21.5. The molecule has 1 unspecified atom stereocenters. The number of quaternary nitrogens is 1. The molecular weight excluding hydrogens is 304 g/mol. The molecule has 1 saturated carbocycles. The molecule has 0 saturated heterocycles. The van der Waals surface area contributed by atoms with Crippen molar-refractivity contribution in [1.82, 2.24) is 0 Å². The van der Waals surface area contributed by atoms with Crippen LogP contribution in [0.5, 0.6) is 0 Å². The molecule has 1 amide bonds. The van der Waals surface area contributed by atoms with Gasteiger partial charge in [0.25, 0.3) is 0 Å². The van der Waals surface area contributed by atoms with Crippen molar-refractivity contribution in [3.63, 3.8) is 0 Å². The lowest BCUT2D eigenvalue weighted by Gasteiger charge is -2.25. The number of carbonyl (C=O) groups excluding carboxylic acids is 1. The zero-order chi connectivity index (χ0) is 16.7. The lowest BCUT2D eigenvalue weighted by atomic mass is 10.2. The molecule has 7 nitrogen and oxygen atoms in total. The first-order chi connectivity index (χ1) is 11.6. The zero-order valence-electron chi connectivity index (χ0n) is 13.1. The molecule has 0 spiro atoms. The second kappa shape index (κ2) is 5.48. The van der Waals surface area contributed by atoms with E-state index in [0.717, 1.165) is 29.8 Å². The number of amidine groups is 1. The van der Waals surface area contributed by atoms with Crippen LogP contribution in [0.1, 0.15) is 18.4 Å². The quantitative estimate of drug-likeness (QED) is 0.575. The Morgan fingerprint density at radius 1 is 1.38 bits per heavy atom. The Hall–Kier alpha value is -2.61. The molecule has 24 heavy (non-hydrogen) atoms. The number of hydrogen-bond acceptors (Lipinski definition) is 5. The van der Waals surface area contributed by atoms with Crippen LogP contribution < -0.4 is 16.9 Å². The van der Waals surface area contributed by atoms with E-state index >= 15 is 0 Å². The van der Waals surface area contributed by atoms with Gasteiger partial charge in [-0.15, -0.1) is 4.59 Å². The monoisotopic (exact) mass is 323 g/mol. The maximum absolute atomic E-state index is 12.8. The van der Waals surface area contributed by atoms with Gasteiger partial charge in [-0.25, -0.2) is 0 Å². The van der Waals surface area contributed by atoms with Gasteiger partial charge < -0.3 is 11.1 Å². The Labute approximate surface area is 139 Å². The van der Waals surface area contributed by atoms with Crippen LogP contribution in [0.15, 0.2) is 58.0 Å². The number of nitrogens with two attached hydrogens (primary N) is 2. The molecule has 1 aromatic carbocycles. The Morgan fingerprint density at radius 3 is 2.96 bits per heavy atom. The van der Waals surface area contributed by atoms with Crippen LogP contribution in [0.2, 0.25) is 0 Å². The van der Waals surface area contributed by atoms with Gasteiger partial charge in [-0.3, -0.25) is 9.79 Å². The van der Waals surface area contributed by atoms with Gasteiger partial charge in [0.15, 0.2) is 0 Å². The summed E-state index contributed by atoms with van der Waals surface area (Å²) < 4.78 is -0.224. The summed E-state index contributed by atoms with van der Waals surface area (Å²) in [5.74, 6) is 6.78. The second-order valence-corrected chi connectivity index (χ2v) is 6.19. The van der Waals surface area contributed by atoms with Crippen LogP contribution in [0.3, 0.4) is 0 Å². The van der Waals surface area contributed by atoms with Gasteiger partial charge in [0.2, 0.25) is 5.70 Å². The predicted octanol–water partition coefficient (Wildman–Crippen LogP) is 1.36. The minimum Gasteiger partial charge on any atom is -0.326 e. The first-order valence-electron chi connectivity index (χ1n) is 7.94. The average Bonchev–Trinajstić information content (AvgIpc) is 3.37. The Morgan fingerprint density at radius 2 is 2.21 bits per heavy atom. The smallest absolute Gasteiger partial charge is 0.326 e. The number of rotatable bonds is 4. The number of nitrogens with one attached hydrogen (secondary N) is 1. The van der Waals surface area contributed by atoms with Gasteiger partial charge in [-0.2, -0.15) is 10.8 Å². The van der Waals surface area contributed by atoms with Crippen molar-refractivity contribution >= 4 is 23.6 Å². The molecule has 1 aliphatic carbocycles. The number of hydrogen-bond donors (Lipinski definition) is 3. The maximum atomic E-state index is 12.8. The molecule has 7 heteroatoms. The van der Waals surface area contributed by atoms with Crippen molar-refractivity contribution in [2.45, 2.75) is 19.4 Å². The first kappa shape index (κ1) is 14.9. The number of fused-ring (bicyclic) bond motifs is 1. The van der Waals surface area contributed by atoms with Gasteiger partial charge in [0, 0.05) is 18.2 Å². The predicted molar refractivity (Wildman–Crippen MR) is 92.2 cm³/mol. The summed E-state index contributed by atoms with van der Waals surface area (Å²) in [5.41, 5.74) is 8.93. The number of amides is 1. The SMILES string of the molecule is NCc1cccc(NC(=O)C2=NC(C3CC3)=C3C=NC=C[N+]23N)c1. The van der Waals surface area contributed by atoms with Gasteiger partial charge in [0.1, 0.15) is 11.9 Å². The number of benzene rings is 1. The molecule has 0 aromatic heterocycles. The number of carbonyl (C=O) groups is 1. The number of anilines is 1. The van der Waals surface area contributed by atoms with E-state index in [4.69, 9.17) is 11.6 Å². The van der Waals surface area contributed by atoms with Crippen molar-refractivity contribution < 1.29 is 9.39 Å². The molecule has 0 bridgehead atoms. The van der Waals surface area contributed by atoms with Crippen LogP contribution in [-0.4, -0.2) is 22.5 Å². The van der Waals surface area contributed by atoms with Crippen molar-refractivity contribution in [2.24, 2.45) is 27.5 Å². The van der Waals surface area contributed by atoms with Gasteiger partial charge in [-0.05, 0) is 30.5 Å². The highest BCUT2D eigenvalue weighted by atomic mass is 16.2. The largest absolute Gasteiger partial charge is 0.333 e. The molecule has 122 valence electrons. The number of nitrogens with zero attached hydrogens (tertiary/aromatic N) is 3. The van der Waals surface area contributed by atoms with E-state index in [1.807, 2.05) is 24.3 Å². The minimum atomic E-state index is -0.320. The number of aliphatic imine (C=N–C) groups is 2. The van der Waals surface area contributed by atoms with Crippen LogP contribution in [-0.2, 0) is 11.3 Å². The van der Waals surface area contributed by atoms with E-state index in [9.17, 15) is 4.79 Å². The van der Waals surface area contributed by atoms with E-state index in [-0.39, 0.29) is 16.3 Å². The Kier molecular flexibility index (Phi) is 3.42. The average molecular weight is 323 g/mol. The molecule has 2 heterocycles. The van der Waals surface area contributed by atoms with Crippen LogP contribution in [0, 0.1) is 5.92 Å². The van der Waals surface area contributed by atoms with Gasteiger partial charge >= 0.3 is 11.7 Å². The molecule has 3 aliphatic rings. The highest BCUT2D eigenvalue weighted by Crippen LogP contribution is 2.43. The Balaban J connectivity index is 1.64. The number of allylic oxidation sites excluding steroid dienone is 2. The minimum absolute atomic E-state index is 0.224. The van der Waals surface area contributed by atoms with E-state index in [0.29, 0.717) is 18.2 Å². The molecule has 1 atom stereocenters. The van der Waals surface area contributed by atoms with Crippen LogP contribution >= 0.6 is 0 Å². The molecular formula is C17H19N6O+. The molecule has 1 aromatic rings. The van der Waals surface area contributed by atoms with Crippen molar-refractivity contribution in [2.75, 3.05) is 5.32 Å². The van der Waals surface area contributed by atoms with Gasteiger partial charge in [0.05, 0.1) is 12.4 Å². The third-order valence-corrected chi connectivity index (χ3v) is 4.41. The molecule has 4 rings (SSSR count). The Bertz CT molecular complexity index is 833. The van der Waals surface area contributed by atoms with E-state index in [2.05, 4.69) is 15.3 Å². The summed E-state index contributed by atoms with van der Waals surface area (Å²) in [7, 11) is 0. The molecule has 0 radical (unpaired) electrons. The fourth-order valence-electron chi connectivity index (χ4n) is 2.97. The van der Waals surface area contributed by atoms with Crippen molar-refractivity contribution in [1.29, 1.82) is 0 Å². The van der Waals surface area contributed by atoms with E-state index < -0.39 is 0 Å². The third kappa shape index (κ3) is 2.39.